The van der Waals surface area contributed by atoms with E-state index in [0.29, 0.717) is 0 Å². The lowest BCUT2D eigenvalue weighted by Crippen LogP contribution is -2.27. The minimum Gasteiger partial charge on any atom is -0.291 e. The third-order valence-electron chi connectivity index (χ3n) is 2.48. The van der Waals surface area contributed by atoms with E-state index in [1.807, 2.05) is 24.3 Å². The minimum absolute atomic E-state index is 0.104. The van der Waals surface area contributed by atoms with Gasteiger partial charge < -0.3 is 0 Å². The monoisotopic (exact) mass is 172 g/mol. The van der Waals surface area contributed by atoms with Crippen LogP contribution in [0.15, 0.2) is 29.3 Å². The molecule has 0 aliphatic carbocycles. The Kier molecular flexibility index (Phi) is 1.15. The van der Waals surface area contributed by atoms with Crippen LogP contribution in [0.2, 0.25) is 0 Å². The second-order valence-corrected chi connectivity index (χ2v) is 3.21. The highest BCUT2D eigenvalue weighted by Gasteiger charge is 2.35. The summed E-state index contributed by atoms with van der Waals surface area (Å²) in [5.41, 5.74) is 1.78. The van der Waals surface area contributed by atoms with Crippen LogP contribution in [0.1, 0.15) is 15.9 Å². The highest BCUT2D eigenvalue weighted by Crippen LogP contribution is 2.25. The maximum Gasteiger partial charge on any atom is 0.260 e. The number of benzene rings is 1. The predicted octanol–water partition coefficient (Wildman–Crippen LogP) is 0.903. The molecule has 1 aromatic carbocycles. The summed E-state index contributed by atoms with van der Waals surface area (Å²) < 4.78 is 0. The maximum atomic E-state index is 11.7. The van der Waals surface area contributed by atoms with Crippen molar-refractivity contribution in [1.29, 1.82) is 0 Å². The van der Waals surface area contributed by atoms with Crippen LogP contribution in [-0.4, -0.2) is 29.7 Å². The van der Waals surface area contributed by atoms with Gasteiger partial charge in [-0.05, 0) is 6.07 Å². The molecule has 0 atom stereocenters. The zero-order valence-electron chi connectivity index (χ0n) is 7.03. The molecule has 0 radical (unpaired) electrons. The highest BCUT2D eigenvalue weighted by atomic mass is 16.2. The van der Waals surface area contributed by atoms with Gasteiger partial charge in [-0.2, -0.15) is 0 Å². The number of carbonyl (C=O) groups excluding carboxylic acids is 1. The maximum absolute atomic E-state index is 11.7. The van der Waals surface area contributed by atoms with Crippen molar-refractivity contribution < 1.29 is 4.79 Å². The minimum atomic E-state index is 0.104. The van der Waals surface area contributed by atoms with Gasteiger partial charge in [0.15, 0.2) is 0 Å². The Bertz CT molecular complexity index is 423. The molecule has 13 heavy (non-hydrogen) atoms. The van der Waals surface area contributed by atoms with Crippen molar-refractivity contribution in [2.75, 3.05) is 13.1 Å². The highest BCUT2D eigenvalue weighted by molar-refractivity contribution is 6.23. The van der Waals surface area contributed by atoms with Crippen LogP contribution in [0, 0.1) is 0 Å². The van der Waals surface area contributed by atoms with Crippen LogP contribution >= 0.6 is 0 Å². The van der Waals surface area contributed by atoms with Crippen LogP contribution in [0.25, 0.3) is 0 Å². The van der Waals surface area contributed by atoms with Gasteiger partial charge in [0, 0.05) is 12.1 Å². The zero-order valence-corrected chi connectivity index (χ0v) is 7.03. The van der Waals surface area contributed by atoms with Crippen molar-refractivity contribution in [1.82, 2.24) is 4.90 Å². The van der Waals surface area contributed by atoms with Crippen LogP contribution in [0.3, 0.4) is 0 Å². The number of amidine groups is 1. The number of hydrogen-bond acceptors (Lipinski definition) is 2. The van der Waals surface area contributed by atoms with Crippen molar-refractivity contribution >= 4 is 11.7 Å². The molecule has 0 unspecified atom stereocenters. The lowest BCUT2D eigenvalue weighted by atomic mass is 10.1. The van der Waals surface area contributed by atoms with Crippen molar-refractivity contribution in [2.45, 2.75) is 0 Å². The average Bonchev–Trinajstić information content (AvgIpc) is 2.72. The third kappa shape index (κ3) is 0.736. The molecule has 3 nitrogen and oxygen atoms in total. The summed E-state index contributed by atoms with van der Waals surface area (Å²) in [6.45, 7) is 1.48. The topological polar surface area (TPSA) is 32.7 Å². The molecule has 1 aromatic rings. The lowest BCUT2D eigenvalue weighted by molar-refractivity contribution is 0.0869. The predicted molar refractivity (Wildman–Crippen MR) is 48.9 cm³/mol. The Labute approximate surface area is 75.7 Å². The Morgan fingerprint density at radius 1 is 1.23 bits per heavy atom. The number of fused-ring (bicyclic) bond motifs is 3. The largest absolute Gasteiger partial charge is 0.291 e. The molecule has 2 heterocycles. The molecule has 3 rings (SSSR count). The van der Waals surface area contributed by atoms with Crippen molar-refractivity contribution in [3.63, 3.8) is 0 Å². The first-order valence-corrected chi connectivity index (χ1v) is 4.33. The fourth-order valence-corrected chi connectivity index (χ4v) is 1.89. The van der Waals surface area contributed by atoms with Gasteiger partial charge in [-0.1, -0.05) is 18.2 Å². The van der Waals surface area contributed by atoms with Crippen molar-refractivity contribution in [3.05, 3.63) is 35.4 Å². The van der Waals surface area contributed by atoms with Crippen LogP contribution in [-0.2, 0) is 0 Å². The Morgan fingerprint density at radius 2 is 2.00 bits per heavy atom. The van der Waals surface area contributed by atoms with Gasteiger partial charge in [0.2, 0.25) is 0 Å². The summed E-state index contributed by atoms with van der Waals surface area (Å²) in [6, 6.07) is 7.64. The summed E-state index contributed by atoms with van der Waals surface area (Å²) in [7, 11) is 0. The van der Waals surface area contributed by atoms with Gasteiger partial charge in [0.25, 0.3) is 5.91 Å². The first-order chi connectivity index (χ1) is 6.38. The van der Waals surface area contributed by atoms with Gasteiger partial charge >= 0.3 is 0 Å². The number of nitrogens with zero attached hydrogens (tertiary/aromatic N) is 2. The summed E-state index contributed by atoms with van der Waals surface area (Å²) in [6.07, 6.45) is 0. The number of carbonyl (C=O) groups is 1. The summed E-state index contributed by atoms with van der Waals surface area (Å²) in [5, 5.41) is 0. The van der Waals surface area contributed by atoms with Gasteiger partial charge in [0.05, 0.1) is 12.1 Å². The number of rotatable bonds is 0. The van der Waals surface area contributed by atoms with E-state index in [1.54, 1.807) is 4.90 Å². The van der Waals surface area contributed by atoms with E-state index < -0.39 is 0 Å². The first-order valence-electron chi connectivity index (χ1n) is 4.33. The molecular weight excluding hydrogens is 164 g/mol. The second-order valence-electron chi connectivity index (χ2n) is 3.21. The smallest absolute Gasteiger partial charge is 0.260 e. The van der Waals surface area contributed by atoms with E-state index in [9.17, 15) is 4.79 Å². The van der Waals surface area contributed by atoms with Crippen LogP contribution in [0.4, 0.5) is 0 Å². The van der Waals surface area contributed by atoms with E-state index in [4.69, 9.17) is 0 Å². The van der Waals surface area contributed by atoms with Crippen LogP contribution in [0.5, 0.6) is 0 Å². The molecule has 0 spiro atoms. The molecule has 0 saturated heterocycles. The molecule has 0 fully saturated rings. The van der Waals surface area contributed by atoms with E-state index in [0.717, 1.165) is 30.1 Å². The molecule has 0 bridgehead atoms. The molecule has 2 aliphatic heterocycles. The average molecular weight is 172 g/mol. The lowest BCUT2D eigenvalue weighted by Gasteiger charge is -2.07. The Morgan fingerprint density at radius 3 is 2.85 bits per heavy atom. The van der Waals surface area contributed by atoms with E-state index >= 15 is 0 Å². The summed E-state index contributed by atoms with van der Waals surface area (Å²) in [4.78, 5) is 17.8. The van der Waals surface area contributed by atoms with Gasteiger partial charge in [0.1, 0.15) is 5.84 Å². The third-order valence-corrected chi connectivity index (χ3v) is 2.48. The second kappa shape index (κ2) is 2.19. The fraction of sp³-hybridized carbons (Fsp3) is 0.200. The normalized spacial score (nSPS) is 18.6. The van der Waals surface area contributed by atoms with Gasteiger partial charge in [-0.3, -0.25) is 14.7 Å². The molecule has 0 saturated carbocycles. The number of aliphatic imine (C=N–C) groups is 1. The Hall–Kier alpha value is -1.64. The summed E-state index contributed by atoms with van der Waals surface area (Å²) >= 11 is 0. The van der Waals surface area contributed by atoms with Gasteiger partial charge in [-0.25, -0.2) is 0 Å². The van der Waals surface area contributed by atoms with Crippen molar-refractivity contribution in [2.24, 2.45) is 4.99 Å². The molecule has 0 aromatic heterocycles. The van der Waals surface area contributed by atoms with Crippen molar-refractivity contribution in [3.8, 4) is 0 Å². The molecule has 2 aliphatic rings. The number of amides is 1. The molecule has 64 valence electrons. The van der Waals surface area contributed by atoms with Gasteiger partial charge in [-0.15, -0.1) is 0 Å². The fourth-order valence-electron chi connectivity index (χ4n) is 1.89. The standard InChI is InChI=1S/C10H8N2O/c13-10-8-4-2-1-3-7(8)9-11-5-6-12(9)10/h1-4H,5-6H2. The zero-order chi connectivity index (χ0) is 8.84. The van der Waals surface area contributed by atoms with E-state index in [2.05, 4.69) is 4.99 Å². The first kappa shape index (κ1) is 6.83. The molecule has 3 heteroatoms. The SMILES string of the molecule is O=C1c2ccccc2C2=NCCN12. The quantitative estimate of drug-likeness (QED) is 0.572. The van der Waals surface area contributed by atoms with E-state index in [1.165, 1.54) is 0 Å². The van der Waals surface area contributed by atoms with Crippen LogP contribution < -0.4 is 0 Å². The number of hydrogen-bond donors (Lipinski definition) is 0. The Balaban J connectivity index is 2.29. The van der Waals surface area contributed by atoms with E-state index in [-0.39, 0.29) is 5.91 Å². The summed E-state index contributed by atoms with van der Waals surface area (Å²) in [5.74, 6) is 0.965. The molecule has 0 N–H and O–H groups in total. The molecule has 1 amide bonds. The molecular formula is C10H8N2O.